The van der Waals surface area contributed by atoms with E-state index < -0.39 is 6.16 Å². The molecule has 53 heavy (non-hydrogen) atoms. The fraction of sp³-hybridized carbons (Fsp3) is 0.105. The van der Waals surface area contributed by atoms with Crippen LogP contribution in [0.4, 0.5) is 20.9 Å². The molecule has 0 saturated carbocycles. The lowest BCUT2D eigenvalue weighted by molar-refractivity contribution is 0.102. The van der Waals surface area contributed by atoms with E-state index in [1.54, 1.807) is 12.1 Å². The summed E-state index contributed by atoms with van der Waals surface area (Å²) >= 11 is 2.74. The average Bonchev–Trinajstić information content (AvgIpc) is 3.89. The van der Waals surface area contributed by atoms with Crippen LogP contribution in [0.25, 0.3) is 31.9 Å². The Labute approximate surface area is 309 Å². The maximum atomic E-state index is 13.5. The molecular weight excluding hydrogens is 713 g/mol. The number of amides is 1. The number of carbonyl (C=O) groups is 2. The van der Waals surface area contributed by atoms with Crippen molar-refractivity contribution >= 4 is 61.0 Å². The number of para-hydroxylation sites is 1. The number of thiazole rings is 2. The lowest BCUT2D eigenvalue weighted by Gasteiger charge is -2.29. The predicted molar refractivity (Wildman–Crippen MR) is 202 cm³/mol. The number of fused-ring (bicyclic) bond motifs is 2. The van der Waals surface area contributed by atoms with Crippen molar-refractivity contribution in [1.82, 2.24) is 20.2 Å². The highest BCUT2D eigenvalue weighted by atomic mass is 32.1. The molecule has 15 heteroatoms. The highest BCUT2D eigenvalue weighted by molar-refractivity contribution is 7.22. The van der Waals surface area contributed by atoms with Gasteiger partial charge in [-0.1, -0.05) is 83.3 Å². The number of carbonyl (C=O) groups excluding carboxylic acids is 1. The number of rotatable bonds is 9. The second kappa shape index (κ2) is 14.1. The van der Waals surface area contributed by atoms with Gasteiger partial charge < -0.3 is 25.2 Å². The van der Waals surface area contributed by atoms with Gasteiger partial charge in [-0.15, -0.1) is 0 Å². The number of anilines is 3. The van der Waals surface area contributed by atoms with Crippen molar-refractivity contribution in [1.29, 1.82) is 5.26 Å². The minimum Gasteiger partial charge on any atom is -0.489 e. The van der Waals surface area contributed by atoms with Gasteiger partial charge in [-0.25, -0.2) is 9.78 Å². The van der Waals surface area contributed by atoms with Gasteiger partial charge in [-0.05, 0) is 59.0 Å². The maximum Gasteiger partial charge on any atom is 0.512 e. The third kappa shape index (κ3) is 6.84. The van der Waals surface area contributed by atoms with Crippen LogP contribution in [0.15, 0.2) is 91.0 Å². The van der Waals surface area contributed by atoms with E-state index in [1.165, 1.54) is 22.7 Å². The molecule has 0 radical (unpaired) electrons. The third-order valence-corrected chi connectivity index (χ3v) is 10.8. The van der Waals surface area contributed by atoms with Gasteiger partial charge in [-0.3, -0.25) is 15.2 Å². The van der Waals surface area contributed by atoms with Gasteiger partial charge in [0.1, 0.15) is 28.9 Å². The second-order valence-corrected chi connectivity index (χ2v) is 14.0. The Hall–Kier alpha value is -6.76. The van der Waals surface area contributed by atoms with Gasteiger partial charge >= 0.3 is 6.16 Å². The summed E-state index contributed by atoms with van der Waals surface area (Å²) in [7, 11) is 0. The molecule has 0 bridgehead atoms. The van der Waals surface area contributed by atoms with Crippen LogP contribution in [-0.4, -0.2) is 43.9 Å². The number of H-pyrrole nitrogens is 1. The Kier molecular flexibility index (Phi) is 8.88. The van der Waals surface area contributed by atoms with Crippen LogP contribution in [0.2, 0.25) is 0 Å². The van der Waals surface area contributed by atoms with Crippen LogP contribution in [0.5, 0.6) is 11.6 Å². The van der Waals surface area contributed by atoms with Crippen molar-refractivity contribution in [2.45, 2.75) is 19.6 Å². The first-order valence-corrected chi connectivity index (χ1v) is 18.0. The van der Waals surface area contributed by atoms with Crippen LogP contribution in [0, 0.1) is 11.3 Å². The molecule has 4 aromatic carbocycles. The van der Waals surface area contributed by atoms with Crippen LogP contribution in [-0.2, 0) is 19.6 Å². The maximum absolute atomic E-state index is 13.5. The Morgan fingerprint density at radius 2 is 1.83 bits per heavy atom. The Morgan fingerprint density at radius 3 is 2.64 bits per heavy atom. The number of nitrogens with one attached hydrogen (secondary N) is 2. The zero-order valence-electron chi connectivity index (χ0n) is 27.7. The van der Waals surface area contributed by atoms with Crippen molar-refractivity contribution in [2.24, 2.45) is 0 Å². The number of nitrogens with zero attached hydrogens (tertiary/aromatic N) is 5. The minimum atomic E-state index is -1.46. The fourth-order valence-electron chi connectivity index (χ4n) is 6.15. The third-order valence-electron chi connectivity index (χ3n) is 8.72. The number of aromatic amines is 1. The van der Waals surface area contributed by atoms with Gasteiger partial charge in [0.05, 0.1) is 15.9 Å². The molecule has 13 nitrogen and oxygen atoms in total. The van der Waals surface area contributed by atoms with Crippen molar-refractivity contribution in [3.63, 3.8) is 0 Å². The first kappa shape index (κ1) is 33.4. The van der Waals surface area contributed by atoms with E-state index in [2.05, 4.69) is 31.6 Å². The van der Waals surface area contributed by atoms with Gasteiger partial charge in [0.25, 0.3) is 5.91 Å². The molecule has 0 spiro atoms. The summed E-state index contributed by atoms with van der Waals surface area (Å²) in [5, 5.41) is 29.8. The van der Waals surface area contributed by atoms with Gasteiger partial charge in [0.15, 0.2) is 16.1 Å². The first-order valence-electron chi connectivity index (χ1n) is 16.3. The summed E-state index contributed by atoms with van der Waals surface area (Å²) in [5.41, 5.74) is 12.2. The molecule has 0 atom stereocenters. The summed E-state index contributed by atoms with van der Waals surface area (Å²) in [6.45, 7) is 1.29. The Bertz CT molecular complexity index is 2520. The number of nitrogens with two attached hydrogens (primary N) is 1. The lowest BCUT2D eigenvalue weighted by atomic mass is 9.94. The molecule has 1 aliphatic heterocycles. The highest BCUT2D eigenvalue weighted by Gasteiger charge is 2.27. The van der Waals surface area contributed by atoms with Crippen LogP contribution in [0.1, 0.15) is 32.6 Å². The largest absolute Gasteiger partial charge is 0.512 e. The van der Waals surface area contributed by atoms with Crippen LogP contribution in [0.3, 0.4) is 0 Å². The smallest absolute Gasteiger partial charge is 0.489 e. The molecule has 4 heterocycles. The normalized spacial score (nSPS) is 12.2. The number of benzene rings is 4. The molecular formula is C38H28N8O5S2. The fourth-order valence-corrected chi connectivity index (χ4v) is 8.04. The van der Waals surface area contributed by atoms with Crippen LogP contribution < -0.4 is 25.4 Å². The van der Waals surface area contributed by atoms with Crippen molar-refractivity contribution < 1.29 is 24.2 Å². The first-order chi connectivity index (χ1) is 25.8. The number of aromatic nitrogens is 4. The predicted octanol–water partition coefficient (Wildman–Crippen LogP) is 7.71. The molecule has 1 amide bonds. The number of carboxylic acid groups (broad SMARTS) is 1. The van der Waals surface area contributed by atoms with E-state index in [0.717, 1.165) is 32.5 Å². The topological polar surface area (TPSA) is 192 Å². The zero-order chi connectivity index (χ0) is 36.5. The number of ether oxygens (including phenoxy) is 2. The molecule has 0 fully saturated rings. The monoisotopic (exact) mass is 740 g/mol. The second-order valence-electron chi connectivity index (χ2n) is 12.0. The van der Waals surface area contributed by atoms with Gasteiger partial charge in [-0.2, -0.15) is 15.3 Å². The molecule has 5 N–H and O–H groups in total. The van der Waals surface area contributed by atoms with E-state index in [-0.39, 0.29) is 29.8 Å². The van der Waals surface area contributed by atoms with Gasteiger partial charge in [0.2, 0.25) is 5.88 Å². The summed E-state index contributed by atoms with van der Waals surface area (Å²) in [6.07, 6.45) is -0.790. The molecule has 8 rings (SSSR count). The molecule has 7 aromatic rings. The lowest BCUT2D eigenvalue weighted by Crippen LogP contribution is -2.32. The van der Waals surface area contributed by atoms with E-state index in [4.69, 9.17) is 15.2 Å². The molecule has 0 unspecified atom stereocenters. The molecule has 0 aliphatic carbocycles. The van der Waals surface area contributed by atoms with E-state index in [1.807, 2.05) is 83.8 Å². The minimum absolute atomic E-state index is 0.0119. The van der Waals surface area contributed by atoms with E-state index >= 15 is 0 Å². The number of nitriles is 1. The number of hydrogen-bond acceptors (Lipinski definition) is 12. The molecule has 3 aromatic heterocycles. The van der Waals surface area contributed by atoms with Crippen molar-refractivity contribution in [3.05, 3.63) is 119 Å². The molecule has 262 valence electrons. The quantitative estimate of drug-likeness (QED) is 0.106. The number of hydrogen-bond donors (Lipinski definition) is 4. The number of nitrogen functional groups attached to an aromatic ring is 1. The Balaban J connectivity index is 0.991. The molecule has 0 saturated heterocycles. The molecule has 1 aliphatic rings. The summed E-state index contributed by atoms with van der Waals surface area (Å²) in [4.78, 5) is 37.0. The Morgan fingerprint density at radius 1 is 1.00 bits per heavy atom. The SMILES string of the molecule is N#Cc1c(N)n[nH]c1-c1cccc(OCc2ccc(-c3sc(N4CCc5cccc(C(=O)Nc6nc7ccccc7s6)c5C4)nc3OC(=O)O)cc2)c1. The summed E-state index contributed by atoms with van der Waals surface area (Å²) in [6, 6.07) is 30.3. The van der Waals surface area contributed by atoms with Crippen LogP contribution >= 0.6 is 22.7 Å². The summed E-state index contributed by atoms with van der Waals surface area (Å²) in [5.74, 6) is 0.469. The van der Waals surface area contributed by atoms with Gasteiger partial charge in [0, 0.05) is 24.2 Å². The summed E-state index contributed by atoms with van der Waals surface area (Å²) < 4.78 is 12.2. The highest BCUT2D eigenvalue weighted by Crippen LogP contribution is 2.41. The van der Waals surface area contributed by atoms with E-state index in [0.29, 0.717) is 57.2 Å². The average molecular weight is 741 g/mol. The standard InChI is InChI=1S/C38H28N8O5S2/c39-18-27-31(44-45-33(27)40)24-6-3-7-25(17-24)50-20-21-11-13-23(14-12-21)32-35(51-38(48)49)43-37(53-32)46-16-15-22-5-4-8-26(28(22)19-46)34(47)42-36-41-29-9-1-2-10-30(29)52-36/h1-14,17H,15-16,19-20H2,(H,48,49)(H3,40,44,45)(H,41,42,47). The zero-order valence-corrected chi connectivity index (χ0v) is 29.3. The van der Waals surface area contributed by atoms with Crippen molar-refractivity contribution in [2.75, 3.05) is 22.5 Å². The van der Waals surface area contributed by atoms with Crippen molar-refractivity contribution in [3.8, 4) is 39.4 Å². The van der Waals surface area contributed by atoms with E-state index in [9.17, 15) is 20.0 Å².